The average molecular weight is 258 g/mol. The van der Waals surface area contributed by atoms with Crippen LogP contribution in [0.3, 0.4) is 0 Å². The van der Waals surface area contributed by atoms with Gasteiger partial charge in [-0.3, -0.25) is 4.98 Å². The molecule has 1 aromatic carbocycles. The molecule has 2 N–H and O–H groups in total. The first-order chi connectivity index (χ1) is 9.20. The Kier molecular flexibility index (Phi) is 4.36. The Morgan fingerprint density at radius 1 is 1.26 bits per heavy atom. The third-order valence-corrected chi connectivity index (χ3v) is 3.06. The molecule has 4 nitrogen and oxygen atoms in total. The van der Waals surface area contributed by atoms with Crippen LogP contribution in [0.15, 0.2) is 42.7 Å². The number of nitrogens with zero attached hydrogens (tertiary/aromatic N) is 1. The van der Waals surface area contributed by atoms with Crippen molar-refractivity contribution in [1.29, 1.82) is 0 Å². The number of aromatic nitrogens is 1. The molecule has 0 saturated carbocycles. The Balaban J connectivity index is 1.97. The monoisotopic (exact) mass is 258 g/mol. The van der Waals surface area contributed by atoms with Gasteiger partial charge in [0.25, 0.3) is 0 Å². The summed E-state index contributed by atoms with van der Waals surface area (Å²) in [7, 11) is 1.54. The van der Waals surface area contributed by atoms with E-state index in [1.54, 1.807) is 31.6 Å². The fourth-order valence-electron chi connectivity index (χ4n) is 1.89. The molecule has 1 aromatic heterocycles. The highest BCUT2D eigenvalue weighted by atomic mass is 16.5. The molecular formula is C15H18N2O2. The van der Waals surface area contributed by atoms with Gasteiger partial charge in [0.15, 0.2) is 11.5 Å². The van der Waals surface area contributed by atoms with Gasteiger partial charge in [0.2, 0.25) is 0 Å². The van der Waals surface area contributed by atoms with Crippen LogP contribution in [-0.2, 0) is 6.54 Å². The van der Waals surface area contributed by atoms with E-state index in [-0.39, 0.29) is 11.8 Å². The van der Waals surface area contributed by atoms with Gasteiger partial charge < -0.3 is 15.2 Å². The molecular weight excluding hydrogens is 240 g/mol. The summed E-state index contributed by atoms with van der Waals surface area (Å²) in [6, 6.07) is 9.62. The Labute approximate surface area is 113 Å². The summed E-state index contributed by atoms with van der Waals surface area (Å²) in [6.45, 7) is 2.78. The lowest BCUT2D eigenvalue weighted by Crippen LogP contribution is -2.18. The molecule has 1 heterocycles. The van der Waals surface area contributed by atoms with E-state index >= 15 is 0 Å². The summed E-state index contributed by atoms with van der Waals surface area (Å²) >= 11 is 0. The van der Waals surface area contributed by atoms with E-state index in [1.807, 2.05) is 18.2 Å². The van der Waals surface area contributed by atoms with E-state index in [4.69, 9.17) is 4.74 Å². The number of phenolic OH excluding ortho intramolecular Hbond substituents is 1. The minimum absolute atomic E-state index is 0.165. The summed E-state index contributed by atoms with van der Waals surface area (Å²) in [5.41, 5.74) is 2.20. The van der Waals surface area contributed by atoms with Gasteiger partial charge in [0.1, 0.15) is 0 Å². The molecule has 2 rings (SSSR count). The van der Waals surface area contributed by atoms with Gasteiger partial charge in [0.05, 0.1) is 7.11 Å². The van der Waals surface area contributed by atoms with Crippen molar-refractivity contribution >= 4 is 0 Å². The number of rotatable bonds is 5. The van der Waals surface area contributed by atoms with Gasteiger partial charge in [0, 0.05) is 25.0 Å². The van der Waals surface area contributed by atoms with Crippen molar-refractivity contribution in [2.75, 3.05) is 7.11 Å². The third-order valence-electron chi connectivity index (χ3n) is 3.06. The Morgan fingerprint density at radius 2 is 2.00 bits per heavy atom. The molecule has 0 radical (unpaired) electrons. The first-order valence-electron chi connectivity index (χ1n) is 6.20. The molecule has 4 heteroatoms. The van der Waals surface area contributed by atoms with Crippen LogP contribution >= 0.6 is 0 Å². The minimum atomic E-state index is 0.165. The SMILES string of the molecule is COc1ccc(CNC(C)c2ccncc2)cc1O. The molecule has 19 heavy (non-hydrogen) atoms. The highest BCUT2D eigenvalue weighted by molar-refractivity contribution is 5.41. The second-order valence-corrected chi connectivity index (χ2v) is 4.39. The molecule has 0 aliphatic heterocycles. The largest absolute Gasteiger partial charge is 0.504 e. The number of hydrogen-bond donors (Lipinski definition) is 2. The fraction of sp³-hybridized carbons (Fsp3) is 0.267. The third kappa shape index (κ3) is 3.45. The number of benzene rings is 1. The summed E-state index contributed by atoms with van der Waals surface area (Å²) in [4.78, 5) is 4.00. The maximum atomic E-state index is 9.71. The van der Waals surface area contributed by atoms with E-state index < -0.39 is 0 Å². The summed E-state index contributed by atoms with van der Waals surface area (Å²) < 4.78 is 5.02. The number of hydrogen-bond acceptors (Lipinski definition) is 4. The van der Waals surface area contributed by atoms with Crippen molar-refractivity contribution in [3.8, 4) is 11.5 Å². The van der Waals surface area contributed by atoms with Gasteiger partial charge >= 0.3 is 0 Å². The van der Waals surface area contributed by atoms with Crippen LogP contribution in [-0.4, -0.2) is 17.2 Å². The summed E-state index contributed by atoms with van der Waals surface area (Å²) in [6.07, 6.45) is 3.57. The van der Waals surface area contributed by atoms with E-state index in [0.717, 1.165) is 5.56 Å². The van der Waals surface area contributed by atoms with E-state index in [2.05, 4.69) is 17.2 Å². The average Bonchev–Trinajstić information content (AvgIpc) is 2.46. The Bertz CT molecular complexity index is 529. The van der Waals surface area contributed by atoms with Crippen LogP contribution < -0.4 is 10.1 Å². The number of pyridine rings is 1. The molecule has 0 spiro atoms. The van der Waals surface area contributed by atoms with Crippen molar-refractivity contribution < 1.29 is 9.84 Å². The van der Waals surface area contributed by atoms with Gasteiger partial charge in [-0.15, -0.1) is 0 Å². The van der Waals surface area contributed by atoms with Crippen LogP contribution in [0.2, 0.25) is 0 Å². The zero-order chi connectivity index (χ0) is 13.7. The van der Waals surface area contributed by atoms with Crippen LogP contribution in [0.1, 0.15) is 24.1 Å². The van der Waals surface area contributed by atoms with Gasteiger partial charge in [-0.25, -0.2) is 0 Å². The summed E-state index contributed by atoms with van der Waals surface area (Å²) in [5.74, 6) is 0.657. The molecule has 0 aliphatic rings. The highest BCUT2D eigenvalue weighted by Crippen LogP contribution is 2.26. The zero-order valence-electron chi connectivity index (χ0n) is 11.1. The molecule has 100 valence electrons. The van der Waals surface area contributed by atoms with E-state index in [0.29, 0.717) is 12.3 Å². The maximum Gasteiger partial charge on any atom is 0.160 e. The van der Waals surface area contributed by atoms with E-state index in [9.17, 15) is 5.11 Å². The zero-order valence-corrected chi connectivity index (χ0v) is 11.1. The van der Waals surface area contributed by atoms with Crippen LogP contribution in [0.5, 0.6) is 11.5 Å². The summed E-state index contributed by atoms with van der Waals surface area (Å²) in [5, 5.41) is 13.1. The number of nitrogens with one attached hydrogen (secondary N) is 1. The standard InChI is InChI=1S/C15H18N2O2/c1-11(13-5-7-16-8-6-13)17-10-12-3-4-15(19-2)14(18)9-12/h3-9,11,17-18H,10H2,1-2H3. The molecule has 0 amide bonds. The molecule has 1 atom stereocenters. The van der Waals surface area contributed by atoms with Crippen molar-refractivity contribution in [1.82, 2.24) is 10.3 Å². The van der Waals surface area contributed by atoms with Gasteiger partial charge in [-0.1, -0.05) is 6.07 Å². The topological polar surface area (TPSA) is 54.4 Å². The second-order valence-electron chi connectivity index (χ2n) is 4.39. The van der Waals surface area contributed by atoms with E-state index in [1.165, 1.54) is 5.56 Å². The van der Waals surface area contributed by atoms with Gasteiger partial charge in [-0.2, -0.15) is 0 Å². The van der Waals surface area contributed by atoms with Crippen molar-refractivity contribution in [2.45, 2.75) is 19.5 Å². The van der Waals surface area contributed by atoms with Crippen molar-refractivity contribution in [2.24, 2.45) is 0 Å². The van der Waals surface area contributed by atoms with Gasteiger partial charge in [-0.05, 0) is 42.3 Å². The van der Waals surface area contributed by atoms with Crippen LogP contribution in [0.4, 0.5) is 0 Å². The minimum Gasteiger partial charge on any atom is -0.504 e. The highest BCUT2D eigenvalue weighted by Gasteiger charge is 2.06. The fourth-order valence-corrected chi connectivity index (χ4v) is 1.89. The predicted octanol–water partition coefficient (Wildman–Crippen LogP) is 2.65. The van der Waals surface area contributed by atoms with Crippen LogP contribution in [0.25, 0.3) is 0 Å². The quantitative estimate of drug-likeness (QED) is 0.865. The Hall–Kier alpha value is -2.07. The second kappa shape index (κ2) is 6.20. The van der Waals surface area contributed by atoms with Crippen LogP contribution in [0, 0.1) is 0 Å². The molecule has 0 fully saturated rings. The van der Waals surface area contributed by atoms with Crippen molar-refractivity contribution in [3.63, 3.8) is 0 Å². The molecule has 1 unspecified atom stereocenters. The lowest BCUT2D eigenvalue weighted by atomic mass is 10.1. The lowest BCUT2D eigenvalue weighted by molar-refractivity contribution is 0.373. The maximum absolute atomic E-state index is 9.71. The normalized spacial score (nSPS) is 12.1. The molecule has 0 bridgehead atoms. The molecule has 0 aliphatic carbocycles. The smallest absolute Gasteiger partial charge is 0.160 e. The molecule has 2 aromatic rings. The van der Waals surface area contributed by atoms with Crippen molar-refractivity contribution in [3.05, 3.63) is 53.9 Å². The first kappa shape index (κ1) is 13.4. The number of aromatic hydroxyl groups is 1. The Morgan fingerprint density at radius 3 is 2.63 bits per heavy atom. The predicted molar refractivity (Wildman–Crippen MR) is 74.2 cm³/mol. The number of ether oxygens (including phenoxy) is 1. The number of phenols is 1. The molecule has 0 saturated heterocycles. The first-order valence-corrected chi connectivity index (χ1v) is 6.20. The number of methoxy groups -OCH3 is 1. The lowest BCUT2D eigenvalue weighted by Gasteiger charge is -2.14.